The standard InChI is InChI=1S/C10H14O5/c1-6(2)10(14)15-5-4-8(7(3)11)9(12)13/h8H,1,4-5H2,2-3H3,(H,12,13)/p-1/t8-/m0/s1. The van der Waals surface area contributed by atoms with Crippen LogP contribution in [0.2, 0.25) is 0 Å². The van der Waals surface area contributed by atoms with Gasteiger partial charge in [0.2, 0.25) is 0 Å². The van der Waals surface area contributed by atoms with E-state index in [1.165, 1.54) is 6.92 Å². The second-order valence-electron chi connectivity index (χ2n) is 3.19. The first-order valence-electron chi connectivity index (χ1n) is 4.40. The maximum atomic E-state index is 10.9. The predicted octanol–water partition coefficient (Wildman–Crippen LogP) is -0.549. The first-order chi connectivity index (χ1) is 6.86. The highest BCUT2D eigenvalue weighted by atomic mass is 16.5. The van der Waals surface area contributed by atoms with Crippen molar-refractivity contribution in [3.05, 3.63) is 12.2 Å². The van der Waals surface area contributed by atoms with Gasteiger partial charge in [-0.25, -0.2) is 4.79 Å². The van der Waals surface area contributed by atoms with Crippen LogP contribution in [0.5, 0.6) is 0 Å². The summed E-state index contributed by atoms with van der Waals surface area (Å²) < 4.78 is 4.65. The number of ketones is 1. The summed E-state index contributed by atoms with van der Waals surface area (Å²) >= 11 is 0. The summed E-state index contributed by atoms with van der Waals surface area (Å²) in [6.07, 6.45) is -0.0727. The van der Waals surface area contributed by atoms with Crippen LogP contribution in [0.15, 0.2) is 12.2 Å². The van der Waals surface area contributed by atoms with Crippen molar-refractivity contribution in [2.75, 3.05) is 6.61 Å². The molecule has 0 bridgehead atoms. The number of hydrogen-bond donors (Lipinski definition) is 0. The van der Waals surface area contributed by atoms with Gasteiger partial charge in [0.1, 0.15) is 5.78 Å². The third kappa shape index (κ3) is 4.95. The Kier molecular flexibility index (Phi) is 5.30. The fraction of sp³-hybridized carbons (Fsp3) is 0.500. The van der Waals surface area contributed by atoms with Gasteiger partial charge in [0.15, 0.2) is 0 Å². The molecule has 1 atom stereocenters. The van der Waals surface area contributed by atoms with E-state index >= 15 is 0 Å². The zero-order valence-electron chi connectivity index (χ0n) is 8.74. The fourth-order valence-corrected chi connectivity index (χ4v) is 0.880. The van der Waals surface area contributed by atoms with E-state index < -0.39 is 23.6 Å². The highest BCUT2D eigenvalue weighted by molar-refractivity contribution is 5.96. The molecule has 0 aliphatic heterocycles. The minimum Gasteiger partial charge on any atom is -0.549 e. The van der Waals surface area contributed by atoms with Crippen LogP contribution in [0.1, 0.15) is 20.3 Å². The number of carboxylic acids is 1. The predicted molar refractivity (Wildman–Crippen MR) is 49.6 cm³/mol. The van der Waals surface area contributed by atoms with Gasteiger partial charge in [-0.15, -0.1) is 0 Å². The third-order valence-electron chi connectivity index (χ3n) is 1.76. The van der Waals surface area contributed by atoms with Crippen LogP contribution in [0, 0.1) is 5.92 Å². The fourth-order valence-electron chi connectivity index (χ4n) is 0.880. The van der Waals surface area contributed by atoms with Crippen molar-refractivity contribution in [2.45, 2.75) is 20.3 Å². The molecule has 0 radical (unpaired) electrons. The molecule has 0 N–H and O–H groups in total. The molecule has 0 heterocycles. The zero-order chi connectivity index (χ0) is 12.0. The van der Waals surface area contributed by atoms with Crippen LogP contribution in [0.25, 0.3) is 0 Å². The molecular weight excluding hydrogens is 200 g/mol. The molecule has 5 nitrogen and oxygen atoms in total. The summed E-state index contributed by atoms with van der Waals surface area (Å²) in [5, 5.41) is 10.5. The quantitative estimate of drug-likeness (QED) is 0.336. The Balaban J connectivity index is 4.03. The lowest BCUT2D eigenvalue weighted by Crippen LogP contribution is -2.36. The van der Waals surface area contributed by atoms with E-state index in [0.29, 0.717) is 0 Å². The molecule has 0 aromatic heterocycles. The Hall–Kier alpha value is -1.65. The Morgan fingerprint density at radius 1 is 1.33 bits per heavy atom. The van der Waals surface area contributed by atoms with Gasteiger partial charge < -0.3 is 14.6 Å². The molecule has 0 spiro atoms. The molecule has 0 saturated heterocycles. The molecule has 0 aliphatic rings. The van der Waals surface area contributed by atoms with Crippen LogP contribution in [-0.2, 0) is 19.1 Å². The number of ether oxygens (including phenoxy) is 1. The van der Waals surface area contributed by atoms with Crippen LogP contribution < -0.4 is 5.11 Å². The van der Waals surface area contributed by atoms with E-state index in [9.17, 15) is 19.5 Å². The van der Waals surface area contributed by atoms with E-state index in [0.717, 1.165) is 6.92 Å². The van der Waals surface area contributed by atoms with E-state index in [-0.39, 0.29) is 18.6 Å². The molecule has 15 heavy (non-hydrogen) atoms. The van der Waals surface area contributed by atoms with E-state index in [4.69, 9.17) is 0 Å². The topological polar surface area (TPSA) is 83.5 Å². The minimum absolute atomic E-state index is 0.0727. The summed E-state index contributed by atoms with van der Waals surface area (Å²) in [5.74, 6) is -3.78. The van der Waals surface area contributed by atoms with Gasteiger partial charge in [-0.05, 0) is 20.3 Å². The Bertz CT molecular complexity index is 278. The first kappa shape index (κ1) is 13.4. The first-order valence-corrected chi connectivity index (χ1v) is 4.40. The minimum atomic E-state index is -1.45. The zero-order valence-corrected chi connectivity index (χ0v) is 8.74. The number of aliphatic carboxylic acids is 1. The van der Waals surface area contributed by atoms with Crippen LogP contribution in [-0.4, -0.2) is 24.3 Å². The maximum Gasteiger partial charge on any atom is 0.333 e. The number of carbonyl (C=O) groups excluding carboxylic acids is 3. The molecule has 0 unspecified atom stereocenters. The van der Waals surface area contributed by atoms with Gasteiger partial charge in [0, 0.05) is 5.57 Å². The van der Waals surface area contributed by atoms with Gasteiger partial charge in [-0.1, -0.05) is 6.58 Å². The normalized spacial score (nSPS) is 11.6. The molecule has 0 aromatic rings. The molecule has 0 aliphatic carbocycles. The highest BCUT2D eigenvalue weighted by Gasteiger charge is 2.16. The summed E-state index contributed by atoms with van der Waals surface area (Å²) in [6.45, 7) is 5.85. The van der Waals surface area contributed by atoms with Gasteiger partial charge in [-0.3, -0.25) is 4.79 Å². The molecule has 0 rings (SSSR count). The maximum absolute atomic E-state index is 10.9. The van der Waals surface area contributed by atoms with Gasteiger partial charge in [0.05, 0.1) is 18.5 Å². The van der Waals surface area contributed by atoms with Crippen LogP contribution >= 0.6 is 0 Å². The SMILES string of the molecule is C=C(C)C(=O)OCC[C@@H](C(C)=O)C(=O)[O-]. The number of carboxylic acid groups (broad SMARTS) is 1. The van der Waals surface area contributed by atoms with E-state index in [2.05, 4.69) is 11.3 Å². The lowest BCUT2D eigenvalue weighted by molar-refractivity contribution is -0.310. The van der Waals surface area contributed by atoms with Crippen molar-refractivity contribution in [2.24, 2.45) is 5.92 Å². The monoisotopic (exact) mass is 213 g/mol. The summed E-state index contributed by atoms with van der Waals surface area (Å²) in [7, 11) is 0. The van der Waals surface area contributed by atoms with Crippen molar-refractivity contribution >= 4 is 17.7 Å². The van der Waals surface area contributed by atoms with E-state index in [1.807, 2.05) is 0 Å². The number of rotatable bonds is 6. The molecule has 84 valence electrons. The van der Waals surface area contributed by atoms with Crippen LogP contribution in [0.4, 0.5) is 0 Å². The third-order valence-corrected chi connectivity index (χ3v) is 1.76. The summed E-state index contributed by atoms with van der Waals surface area (Å²) in [4.78, 5) is 32.2. The largest absolute Gasteiger partial charge is 0.549 e. The number of Topliss-reactive ketones (excluding diaryl/α,β-unsaturated/α-hetero) is 1. The summed E-state index contributed by atoms with van der Waals surface area (Å²) in [6, 6.07) is 0. The molecule has 0 fully saturated rings. The number of esters is 1. The highest BCUT2D eigenvalue weighted by Crippen LogP contribution is 2.04. The molecule has 0 aromatic carbocycles. The Labute approximate surface area is 87.7 Å². The van der Waals surface area contributed by atoms with E-state index in [1.54, 1.807) is 0 Å². The molecule has 0 amide bonds. The molecule has 0 saturated carbocycles. The van der Waals surface area contributed by atoms with Gasteiger partial charge in [-0.2, -0.15) is 0 Å². The second kappa shape index (κ2) is 5.95. The lowest BCUT2D eigenvalue weighted by atomic mass is 10.0. The Morgan fingerprint density at radius 3 is 2.20 bits per heavy atom. The average molecular weight is 213 g/mol. The summed E-state index contributed by atoms with van der Waals surface area (Å²) in [5.41, 5.74) is 0.225. The van der Waals surface area contributed by atoms with Crippen molar-refractivity contribution in [1.29, 1.82) is 0 Å². The van der Waals surface area contributed by atoms with Crippen molar-refractivity contribution < 1.29 is 24.2 Å². The van der Waals surface area contributed by atoms with Crippen LogP contribution in [0.3, 0.4) is 0 Å². The van der Waals surface area contributed by atoms with Gasteiger partial charge in [0.25, 0.3) is 0 Å². The number of hydrogen-bond acceptors (Lipinski definition) is 5. The molecular formula is C10H13O5-. The smallest absolute Gasteiger partial charge is 0.333 e. The van der Waals surface area contributed by atoms with Crippen molar-refractivity contribution in [1.82, 2.24) is 0 Å². The van der Waals surface area contributed by atoms with Crippen molar-refractivity contribution in [3.8, 4) is 0 Å². The second-order valence-corrected chi connectivity index (χ2v) is 3.19. The van der Waals surface area contributed by atoms with Crippen molar-refractivity contribution in [3.63, 3.8) is 0 Å². The Morgan fingerprint density at radius 2 is 1.87 bits per heavy atom. The van der Waals surface area contributed by atoms with Gasteiger partial charge >= 0.3 is 5.97 Å². The number of carbonyl (C=O) groups is 3. The lowest BCUT2D eigenvalue weighted by Gasteiger charge is -2.14. The average Bonchev–Trinajstić information content (AvgIpc) is 2.10. The molecule has 5 heteroatoms.